The topological polar surface area (TPSA) is 81.1 Å². The summed E-state index contributed by atoms with van der Waals surface area (Å²) in [7, 11) is 1.59. The molecular formula is C26H26FN5O2. The molecule has 174 valence electrons. The third-order valence-corrected chi connectivity index (χ3v) is 6.39. The number of ether oxygens (including phenoxy) is 1. The molecule has 1 atom stereocenters. The van der Waals surface area contributed by atoms with Crippen molar-refractivity contribution >= 4 is 22.6 Å². The second-order valence-electron chi connectivity index (χ2n) is 8.40. The molecule has 34 heavy (non-hydrogen) atoms. The van der Waals surface area contributed by atoms with Crippen molar-refractivity contribution in [1.29, 1.82) is 0 Å². The zero-order valence-corrected chi connectivity index (χ0v) is 19.4. The Kier molecular flexibility index (Phi) is 5.65. The number of hydrogen-bond acceptors (Lipinski definition) is 5. The van der Waals surface area contributed by atoms with Crippen LogP contribution >= 0.6 is 0 Å². The minimum Gasteiger partial charge on any atom is -0.496 e. The molecule has 2 N–H and O–H groups in total. The standard InChI is InChI=1S/C26H26FN5O2/c1-4-21-18-12-16(5-6-17(18)26(33)31-21)22-13-24(30-14-29-22)28-9-10-32-15(2)11-19-23(34-3)8-7-20(27)25(19)32/h5-8,11-14,21H,4,9-10H2,1-3H3,(H,31,33)(H,28,29,30). The van der Waals surface area contributed by atoms with Crippen LogP contribution in [0.15, 0.2) is 48.8 Å². The molecule has 1 amide bonds. The number of amides is 1. The Balaban J connectivity index is 1.35. The van der Waals surface area contributed by atoms with E-state index < -0.39 is 0 Å². The maximum absolute atomic E-state index is 14.6. The van der Waals surface area contributed by atoms with Gasteiger partial charge in [0.05, 0.1) is 24.4 Å². The molecule has 3 heterocycles. The van der Waals surface area contributed by atoms with Crippen molar-refractivity contribution in [2.24, 2.45) is 0 Å². The number of halogens is 1. The fourth-order valence-corrected chi connectivity index (χ4v) is 4.67. The summed E-state index contributed by atoms with van der Waals surface area (Å²) in [5, 5.41) is 7.09. The van der Waals surface area contributed by atoms with Crippen LogP contribution in [0.2, 0.25) is 0 Å². The van der Waals surface area contributed by atoms with Crippen molar-refractivity contribution in [3.05, 3.63) is 71.4 Å². The average molecular weight is 460 g/mol. The molecule has 8 heteroatoms. The molecule has 0 aliphatic carbocycles. The lowest BCUT2D eigenvalue weighted by Crippen LogP contribution is -2.17. The van der Waals surface area contributed by atoms with E-state index >= 15 is 0 Å². The van der Waals surface area contributed by atoms with Crippen LogP contribution in [0.3, 0.4) is 0 Å². The predicted molar refractivity (Wildman–Crippen MR) is 130 cm³/mol. The Hall–Kier alpha value is -3.94. The van der Waals surface area contributed by atoms with E-state index in [0.717, 1.165) is 39.9 Å². The zero-order valence-electron chi connectivity index (χ0n) is 19.4. The van der Waals surface area contributed by atoms with Crippen LogP contribution in [0.4, 0.5) is 10.2 Å². The van der Waals surface area contributed by atoms with Crippen LogP contribution in [-0.4, -0.2) is 34.1 Å². The molecule has 1 aliphatic heterocycles. The van der Waals surface area contributed by atoms with Crippen LogP contribution in [0.25, 0.3) is 22.2 Å². The smallest absolute Gasteiger partial charge is 0.252 e. The van der Waals surface area contributed by atoms with Crippen molar-refractivity contribution in [3.8, 4) is 17.0 Å². The number of nitrogens with one attached hydrogen (secondary N) is 2. The van der Waals surface area contributed by atoms with E-state index in [4.69, 9.17) is 4.74 Å². The van der Waals surface area contributed by atoms with E-state index in [1.165, 1.54) is 12.4 Å². The summed E-state index contributed by atoms with van der Waals surface area (Å²) in [6.45, 7) is 5.12. The van der Waals surface area contributed by atoms with Gasteiger partial charge in [0.25, 0.3) is 5.91 Å². The Morgan fingerprint density at radius 3 is 2.82 bits per heavy atom. The highest BCUT2D eigenvalue weighted by atomic mass is 19.1. The number of methoxy groups -OCH3 is 1. The lowest BCUT2D eigenvalue weighted by atomic mass is 9.99. The van der Waals surface area contributed by atoms with Gasteiger partial charge in [-0.15, -0.1) is 0 Å². The van der Waals surface area contributed by atoms with Crippen LogP contribution in [0.1, 0.15) is 41.0 Å². The Labute approximate surface area is 197 Å². The Morgan fingerprint density at radius 2 is 2.03 bits per heavy atom. The van der Waals surface area contributed by atoms with E-state index in [1.54, 1.807) is 13.2 Å². The van der Waals surface area contributed by atoms with E-state index in [9.17, 15) is 9.18 Å². The van der Waals surface area contributed by atoms with Gasteiger partial charge in [-0.1, -0.05) is 13.0 Å². The summed E-state index contributed by atoms with van der Waals surface area (Å²) in [5.74, 6) is 1.03. The molecule has 4 aromatic rings. The van der Waals surface area contributed by atoms with Crippen LogP contribution < -0.4 is 15.4 Å². The maximum Gasteiger partial charge on any atom is 0.252 e. The number of aryl methyl sites for hydroxylation is 1. The summed E-state index contributed by atoms with van der Waals surface area (Å²) < 4.78 is 21.9. The summed E-state index contributed by atoms with van der Waals surface area (Å²) >= 11 is 0. The quantitative estimate of drug-likeness (QED) is 0.413. The summed E-state index contributed by atoms with van der Waals surface area (Å²) in [4.78, 5) is 20.9. The molecule has 0 fully saturated rings. The van der Waals surface area contributed by atoms with Gasteiger partial charge in [0.1, 0.15) is 23.7 Å². The van der Waals surface area contributed by atoms with Crippen molar-refractivity contribution in [1.82, 2.24) is 19.9 Å². The molecular weight excluding hydrogens is 433 g/mol. The minimum atomic E-state index is -0.275. The lowest BCUT2D eigenvalue weighted by Gasteiger charge is -2.12. The first-order valence-electron chi connectivity index (χ1n) is 11.3. The number of fused-ring (bicyclic) bond motifs is 2. The van der Waals surface area contributed by atoms with E-state index in [0.29, 0.717) is 30.2 Å². The molecule has 1 aliphatic rings. The van der Waals surface area contributed by atoms with Gasteiger partial charge in [0.2, 0.25) is 0 Å². The van der Waals surface area contributed by atoms with E-state index in [1.807, 2.05) is 41.8 Å². The number of aromatic nitrogens is 3. The predicted octanol–water partition coefficient (Wildman–Crippen LogP) is 4.86. The van der Waals surface area contributed by atoms with Crippen molar-refractivity contribution in [2.75, 3.05) is 19.0 Å². The van der Waals surface area contributed by atoms with Crippen molar-refractivity contribution in [3.63, 3.8) is 0 Å². The molecule has 0 bridgehead atoms. The van der Waals surface area contributed by atoms with E-state index in [2.05, 4.69) is 27.5 Å². The first-order valence-corrected chi connectivity index (χ1v) is 11.3. The Morgan fingerprint density at radius 1 is 1.18 bits per heavy atom. The molecule has 0 saturated heterocycles. The number of carbonyl (C=O) groups excluding carboxylic acids is 1. The normalized spacial score (nSPS) is 14.8. The molecule has 2 aromatic heterocycles. The molecule has 0 saturated carbocycles. The second-order valence-corrected chi connectivity index (χ2v) is 8.40. The molecule has 0 spiro atoms. The highest BCUT2D eigenvalue weighted by molar-refractivity contribution is 5.99. The fourth-order valence-electron chi connectivity index (χ4n) is 4.67. The molecule has 7 nitrogen and oxygen atoms in total. The first kappa shape index (κ1) is 21.9. The zero-order chi connectivity index (χ0) is 23.8. The number of anilines is 1. The highest BCUT2D eigenvalue weighted by Gasteiger charge is 2.27. The number of rotatable bonds is 7. The van der Waals surface area contributed by atoms with Gasteiger partial charge >= 0.3 is 0 Å². The van der Waals surface area contributed by atoms with Crippen LogP contribution in [-0.2, 0) is 6.54 Å². The van der Waals surface area contributed by atoms with Crippen molar-refractivity contribution in [2.45, 2.75) is 32.9 Å². The molecule has 2 aromatic carbocycles. The van der Waals surface area contributed by atoms with Crippen molar-refractivity contribution < 1.29 is 13.9 Å². The van der Waals surface area contributed by atoms with Gasteiger partial charge in [-0.05, 0) is 49.2 Å². The first-order chi connectivity index (χ1) is 16.5. The monoisotopic (exact) mass is 459 g/mol. The molecule has 0 radical (unpaired) electrons. The number of nitrogens with zero attached hydrogens (tertiary/aromatic N) is 3. The summed E-state index contributed by atoms with van der Waals surface area (Å²) in [6.07, 6.45) is 2.35. The van der Waals surface area contributed by atoms with Gasteiger partial charge in [-0.25, -0.2) is 14.4 Å². The van der Waals surface area contributed by atoms with Gasteiger partial charge in [0.15, 0.2) is 0 Å². The number of carbonyl (C=O) groups is 1. The third-order valence-electron chi connectivity index (χ3n) is 6.39. The second kappa shape index (κ2) is 8.78. The van der Waals surface area contributed by atoms with Gasteiger partial charge < -0.3 is 19.9 Å². The minimum absolute atomic E-state index is 0.0275. The highest BCUT2D eigenvalue weighted by Crippen LogP contribution is 2.32. The van der Waals surface area contributed by atoms with Gasteiger partial charge in [-0.2, -0.15) is 0 Å². The fraction of sp³-hybridized carbons (Fsp3) is 0.269. The number of benzene rings is 2. The van der Waals surface area contributed by atoms with Crippen LogP contribution in [0, 0.1) is 12.7 Å². The summed E-state index contributed by atoms with van der Waals surface area (Å²) in [6, 6.07) is 12.7. The molecule has 5 rings (SSSR count). The third kappa shape index (κ3) is 3.75. The largest absolute Gasteiger partial charge is 0.496 e. The Bertz CT molecular complexity index is 1400. The van der Waals surface area contributed by atoms with Gasteiger partial charge in [0, 0.05) is 41.4 Å². The van der Waals surface area contributed by atoms with Gasteiger partial charge in [-0.3, -0.25) is 4.79 Å². The maximum atomic E-state index is 14.6. The van der Waals surface area contributed by atoms with E-state index in [-0.39, 0.29) is 17.8 Å². The molecule has 1 unspecified atom stereocenters. The average Bonchev–Trinajstić information content (AvgIpc) is 3.36. The van der Waals surface area contributed by atoms with Crippen LogP contribution in [0.5, 0.6) is 5.75 Å². The SMILES string of the molecule is CCC1NC(=O)c2ccc(-c3cc(NCCn4c(C)cc5c(OC)ccc(F)c54)ncn3)cc21. The number of hydrogen-bond donors (Lipinski definition) is 2. The lowest BCUT2D eigenvalue weighted by molar-refractivity contribution is 0.0955. The summed E-state index contributed by atoms with van der Waals surface area (Å²) in [5.41, 5.74) is 4.92.